The van der Waals surface area contributed by atoms with Gasteiger partial charge in [0.1, 0.15) is 5.75 Å². The zero-order chi connectivity index (χ0) is 14.1. The van der Waals surface area contributed by atoms with Gasteiger partial charge < -0.3 is 10.1 Å². The highest BCUT2D eigenvalue weighted by molar-refractivity contribution is 5.93. The Kier molecular flexibility index (Phi) is 3.66. The Hall–Kier alpha value is -1.54. The summed E-state index contributed by atoms with van der Waals surface area (Å²) < 4.78 is 5.63. The van der Waals surface area contributed by atoms with Crippen molar-refractivity contribution in [3.05, 3.63) is 41.5 Å². The van der Waals surface area contributed by atoms with Gasteiger partial charge in [0.2, 0.25) is 0 Å². The van der Waals surface area contributed by atoms with Crippen LogP contribution in [0.2, 0.25) is 0 Å². The number of hydrogen-bond acceptors (Lipinski definition) is 2. The molecular formula is C18H23NO. The summed E-state index contributed by atoms with van der Waals surface area (Å²) in [5.41, 5.74) is 2.94. The van der Waals surface area contributed by atoms with Crippen LogP contribution in [-0.2, 0) is 0 Å². The number of rotatable bonds is 3. The lowest BCUT2D eigenvalue weighted by Gasteiger charge is -2.32. The average Bonchev–Trinajstić information content (AvgIpc) is 2.49. The molecule has 0 bridgehead atoms. The van der Waals surface area contributed by atoms with Gasteiger partial charge in [0.25, 0.3) is 0 Å². The van der Waals surface area contributed by atoms with Gasteiger partial charge in [-0.05, 0) is 47.9 Å². The lowest BCUT2D eigenvalue weighted by Crippen LogP contribution is -2.26. The van der Waals surface area contributed by atoms with Crippen molar-refractivity contribution < 1.29 is 4.74 Å². The van der Waals surface area contributed by atoms with Crippen LogP contribution in [0.4, 0.5) is 0 Å². The highest BCUT2D eigenvalue weighted by Crippen LogP contribution is 2.44. The summed E-state index contributed by atoms with van der Waals surface area (Å²) >= 11 is 0. The standard InChI is InChI=1S/C18H23NO/c1-4-19-16-10-9-12(2)18-14-8-6-5-7-13(14)17(20-3)11-15(16)18/h5-8,11-12,16,19H,4,9-10H2,1-3H3. The van der Waals surface area contributed by atoms with Crippen molar-refractivity contribution in [2.75, 3.05) is 13.7 Å². The maximum absolute atomic E-state index is 5.63. The minimum Gasteiger partial charge on any atom is -0.496 e. The average molecular weight is 269 g/mol. The normalized spacial score (nSPS) is 21.8. The smallest absolute Gasteiger partial charge is 0.127 e. The van der Waals surface area contributed by atoms with Crippen molar-refractivity contribution in [1.82, 2.24) is 5.32 Å². The molecule has 1 aliphatic carbocycles. The minimum atomic E-state index is 0.463. The summed E-state index contributed by atoms with van der Waals surface area (Å²) in [6.07, 6.45) is 2.46. The molecule has 0 saturated carbocycles. The fourth-order valence-corrected chi connectivity index (χ4v) is 3.57. The fraction of sp³-hybridized carbons (Fsp3) is 0.444. The van der Waals surface area contributed by atoms with Crippen molar-refractivity contribution in [2.45, 2.75) is 38.6 Å². The van der Waals surface area contributed by atoms with Crippen LogP contribution in [0.3, 0.4) is 0 Å². The first-order valence-electron chi connectivity index (χ1n) is 7.59. The quantitative estimate of drug-likeness (QED) is 0.892. The molecule has 0 spiro atoms. The van der Waals surface area contributed by atoms with E-state index in [9.17, 15) is 0 Å². The zero-order valence-electron chi connectivity index (χ0n) is 12.6. The molecule has 0 heterocycles. The second kappa shape index (κ2) is 5.45. The molecule has 2 aromatic carbocycles. The molecule has 2 unspecified atom stereocenters. The predicted molar refractivity (Wildman–Crippen MR) is 84.6 cm³/mol. The van der Waals surface area contributed by atoms with Crippen molar-refractivity contribution in [3.63, 3.8) is 0 Å². The zero-order valence-corrected chi connectivity index (χ0v) is 12.6. The first-order valence-corrected chi connectivity index (χ1v) is 7.59. The molecule has 0 amide bonds. The summed E-state index contributed by atoms with van der Waals surface area (Å²) in [4.78, 5) is 0. The maximum atomic E-state index is 5.63. The van der Waals surface area contributed by atoms with E-state index in [2.05, 4.69) is 49.5 Å². The largest absolute Gasteiger partial charge is 0.496 e. The van der Waals surface area contributed by atoms with Crippen LogP contribution in [0.15, 0.2) is 30.3 Å². The van der Waals surface area contributed by atoms with E-state index in [0.717, 1.165) is 12.3 Å². The Balaban J connectivity index is 2.28. The van der Waals surface area contributed by atoms with Crippen molar-refractivity contribution in [3.8, 4) is 5.75 Å². The third kappa shape index (κ3) is 2.08. The Morgan fingerprint density at radius 1 is 1.20 bits per heavy atom. The molecule has 0 saturated heterocycles. The predicted octanol–water partition coefficient (Wildman–Crippen LogP) is 4.40. The Morgan fingerprint density at radius 2 is 1.95 bits per heavy atom. The molecule has 3 rings (SSSR count). The van der Waals surface area contributed by atoms with Crippen LogP contribution < -0.4 is 10.1 Å². The lowest BCUT2D eigenvalue weighted by atomic mass is 9.78. The highest BCUT2D eigenvalue weighted by atomic mass is 16.5. The SMILES string of the molecule is CCNC1CCC(C)c2c1cc(OC)c1ccccc21. The molecule has 0 aliphatic heterocycles. The van der Waals surface area contributed by atoms with Crippen LogP contribution in [0.5, 0.6) is 5.75 Å². The van der Waals surface area contributed by atoms with E-state index in [0.29, 0.717) is 12.0 Å². The summed E-state index contributed by atoms with van der Waals surface area (Å²) in [7, 11) is 1.77. The Morgan fingerprint density at radius 3 is 2.65 bits per heavy atom. The third-order valence-electron chi connectivity index (χ3n) is 4.51. The topological polar surface area (TPSA) is 21.3 Å². The number of hydrogen-bond donors (Lipinski definition) is 1. The first-order chi connectivity index (χ1) is 9.76. The van der Waals surface area contributed by atoms with Gasteiger partial charge >= 0.3 is 0 Å². The molecule has 0 radical (unpaired) electrons. The summed E-state index contributed by atoms with van der Waals surface area (Å²) in [6.45, 7) is 5.53. The van der Waals surface area contributed by atoms with Crippen molar-refractivity contribution in [2.24, 2.45) is 0 Å². The van der Waals surface area contributed by atoms with E-state index in [-0.39, 0.29) is 0 Å². The first kappa shape index (κ1) is 13.4. The molecule has 2 heteroatoms. The third-order valence-corrected chi connectivity index (χ3v) is 4.51. The second-order valence-electron chi connectivity index (χ2n) is 5.72. The van der Waals surface area contributed by atoms with Gasteiger partial charge in [-0.3, -0.25) is 0 Å². The van der Waals surface area contributed by atoms with E-state index in [1.54, 1.807) is 7.11 Å². The molecule has 0 aromatic heterocycles. The van der Waals surface area contributed by atoms with E-state index in [1.807, 2.05) is 0 Å². The van der Waals surface area contributed by atoms with Crippen LogP contribution >= 0.6 is 0 Å². The van der Waals surface area contributed by atoms with Gasteiger partial charge in [-0.15, -0.1) is 0 Å². The molecule has 0 fully saturated rings. The molecule has 2 aromatic rings. The number of fused-ring (bicyclic) bond motifs is 3. The van der Waals surface area contributed by atoms with Gasteiger partial charge in [0.05, 0.1) is 7.11 Å². The maximum Gasteiger partial charge on any atom is 0.127 e. The van der Waals surface area contributed by atoms with E-state index in [1.165, 1.54) is 34.7 Å². The van der Waals surface area contributed by atoms with Crippen LogP contribution in [0.25, 0.3) is 10.8 Å². The highest BCUT2D eigenvalue weighted by Gasteiger charge is 2.27. The molecular weight excluding hydrogens is 246 g/mol. The number of ether oxygens (including phenoxy) is 1. The fourth-order valence-electron chi connectivity index (χ4n) is 3.57. The van der Waals surface area contributed by atoms with Gasteiger partial charge in [-0.25, -0.2) is 0 Å². The monoisotopic (exact) mass is 269 g/mol. The molecule has 106 valence electrons. The van der Waals surface area contributed by atoms with Crippen molar-refractivity contribution >= 4 is 10.8 Å². The minimum absolute atomic E-state index is 0.463. The van der Waals surface area contributed by atoms with Gasteiger partial charge in [0, 0.05) is 11.4 Å². The Labute approximate surface area is 121 Å². The van der Waals surface area contributed by atoms with E-state index >= 15 is 0 Å². The lowest BCUT2D eigenvalue weighted by molar-refractivity contribution is 0.411. The molecule has 20 heavy (non-hydrogen) atoms. The van der Waals surface area contributed by atoms with E-state index in [4.69, 9.17) is 4.74 Å². The second-order valence-corrected chi connectivity index (χ2v) is 5.72. The molecule has 2 nitrogen and oxygen atoms in total. The molecule has 1 N–H and O–H groups in total. The van der Waals surface area contributed by atoms with Crippen LogP contribution in [-0.4, -0.2) is 13.7 Å². The summed E-state index contributed by atoms with van der Waals surface area (Å²) in [5.74, 6) is 1.62. The van der Waals surface area contributed by atoms with Crippen LogP contribution in [0.1, 0.15) is 49.8 Å². The van der Waals surface area contributed by atoms with E-state index < -0.39 is 0 Å². The molecule has 2 atom stereocenters. The number of nitrogens with one attached hydrogen (secondary N) is 1. The number of benzene rings is 2. The Bertz CT molecular complexity index is 620. The van der Waals surface area contributed by atoms with Crippen molar-refractivity contribution in [1.29, 1.82) is 0 Å². The van der Waals surface area contributed by atoms with Gasteiger partial charge in [-0.2, -0.15) is 0 Å². The molecule has 1 aliphatic rings. The van der Waals surface area contributed by atoms with Gasteiger partial charge in [-0.1, -0.05) is 38.1 Å². The summed E-state index contributed by atoms with van der Waals surface area (Å²) in [6, 6.07) is 11.3. The number of methoxy groups -OCH3 is 1. The van der Waals surface area contributed by atoms with Gasteiger partial charge in [0.15, 0.2) is 0 Å². The van der Waals surface area contributed by atoms with Crippen LogP contribution in [0, 0.1) is 0 Å². The summed E-state index contributed by atoms with van der Waals surface area (Å²) in [5, 5.41) is 6.21.